The van der Waals surface area contributed by atoms with Crippen molar-refractivity contribution in [2.45, 2.75) is 18.3 Å². The highest BCUT2D eigenvalue weighted by Crippen LogP contribution is 2.22. The fourth-order valence-corrected chi connectivity index (χ4v) is 1.90. The maximum absolute atomic E-state index is 11.3. The van der Waals surface area contributed by atoms with E-state index in [9.17, 15) is 8.42 Å². The molecule has 0 aromatic carbocycles. The van der Waals surface area contributed by atoms with E-state index in [-0.39, 0.29) is 0 Å². The maximum Gasteiger partial charge on any atom is 0.231 e. The van der Waals surface area contributed by atoms with Crippen molar-refractivity contribution >= 4 is 10.0 Å². The number of nitrogens with zero attached hydrogens (tertiary/aromatic N) is 2. The first-order valence-electron chi connectivity index (χ1n) is 4.80. The second kappa shape index (κ2) is 5.39. The Bertz CT molecular complexity index is 460. The van der Waals surface area contributed by atoms with E-state index >= 15 is 0 Å². The fourth-order valence-electron chi connectivity index (χ4n) is 1.30. The van der Waals surface area contributed by atoms with Crippen molar-refractivity contribution in [1.82, 2.24) is 9.97 Å². The molecule has 7 nitrogen and oxygen atoms in total. The first kappa shape index (κ1) is 13.8. The Kier molecular flexibility index (Phi) is 4.38. The lowest BCUT2D eigenvalue weighted by atomic mass is 10.2. The van der Waals surface area contributed by atoms with E-state index in [1.807, 2.05) is 0 Å². The number of rotatable bonds is 5. The molecule has 1 aromatic rings. The third-order valence-corrected chi connectivity index (χ3v) is 3.63. The molecule has 1 heterocycles. The van der Waals surface area contributed by atoms with Crippen LogP contribution < -0.4 is 9.88 Å². The quantitative estimate of drug-likeness (QED) is 0.790. The summed E-state index contributed by atoms with van der Waals surface area (Å²) in [7, 11) is -0.852. The van der Waals surface area contributed by atoms with E-state index < -0.39 is 21.4 Å². The van der Waals surface area contributed by atoms with Gasteiger partial charge in [-0.2, -0.15) is 0 Å². The SMILES string of the molecule is COc1cnc([C@H](OC)[C@H](C)S(N)(=O)=O)cn1. The molecule has 0 saturated heterocycles. The Morgan fingerprint density at radius 2 is 1.94 bits per heavy atom. The number of nitrogens with two attached hydrogens (primary N) is 1. The lowest BCUT2D eigenvalue weighted by molar-refractivity contribution is 0.0982. The van der Waals surface area contributed by atoms with Gasteiger partial charge in [0.25, 0.3) is 0 Å². The first-order valence-corrected chi connectivity index (χ1v) is 6.41. The van der Waals surface area contributed by atoms with Crippen molar-refractivity contribution in [3.63, 3.8) is 0 Å². The number of primary sulfonamides is 1. The number of sulfonamides is 1. The number of hydrogen-bond acceptors (Lipinski definition) is 6. The highest BCUT2D eigenvalue weighted by atomic mass is 32.2. The highest BCUT2D eigenvalue weighted by molar-refractivity contribution is 7.89. The van der Waals surface area contributed by atoms with Crippen LogP contribution in [0.2, 0.25) is 0 Å². The summed E-state index contributed by atoms with van der Waals surface area (Å²) in [5.74, 6) is 0.340. The van der Waals surface area contributed by atoms with Crippen molar-refractivity contribution in [2.75, 3.05) is 14.2 Å². The van der Waals surface area contributed by atoms with Crippen molar-refractivity contribution in [2.24, 2.45) is 5.14 Å². The van der Waals surface area contributed by atoms with Gasteiger partial charge in [0.05, 0.1) is 25.2 Å². The Balaban J connectivity index is 3.01. The molecule has 0 unspecified atom stereocenters. The van der Waals surface area contributed by atoms with Crippen LogP contribution in [0.1, 0.15) is 18.7 Å². The van der Waals surface area contributed by atoms with Crippen LogP contribution in [0.15, 0.2) is 12.4 Å². The van der Waals surface area contributed by atoms with Crippen LogP contribution in [0.3, 0.4) is 0 Å². The van der Waals surface area contributed by atoms with Gasteiger partial charge in [-0.1, -0.05) is 0 Å². The van der Waals surface area contributed by atoms with Crippen LogP contribution in [0.5, 0.6) is 5.88 Å². The van der Waals surface area contributed by atoms with Gasteiger partial charge in [-0.15, -0.1) is 0 Å². The summed E-state index contributed by atoms with van der Waals surface area (Å²) in [6.45, 7) is 1.45. The van der Waals surface area contributed by atoms with Gasteiger partial charge in [0.2, 0.25) is 15.9 Å². The lowest BCUT2D eigenvalue weighted by Crippen LogP contribution is -2.32. The van der Waals surface area contributed by atoms with Gasteiger partial charge in [0.15, 0.2) is 0 Å². The lowest BCUT2D eigenvalue weighted by Gasteiger charge is -2.19. The molecular weight excluding hydrogens is 246 g/mol. The van der Waals surface area contributed by atoms with Gasteiger partial charge < -0.3 is 9.47 Å². The van der Waals surface area contributed by atoms with Crippen molar-refractivity contribution in [3.05, 3.63) is 18.1 Å². The van der Waals surface area contributed by atoms with E-state index in [1.54, 1.807) is 0 Å². The van der Waals surface area contributed by atoms with Gasteiger partial charge in [0, 0.05) is 7.11 Å². The van der Waals surface area contributed by atoms with Crippen LogP contribution in [-0.2, 0) is 14.8 Å². The minimum absolute atomic E-state index is 0.340. The number of ether oxygens (including phenoxy) is 2. The van der Waals surface area contributed by atoms with Crippen molar-refractivity contribution < 1.29 is 17.9 Å². The smallest absolute Gasteiger partial charge is 0.231 e. The van der Waals surface area contributed by atoms with E-state index in [1.165, 1.54) is 33.5 Å². The third-order valence-electron chi connectivity index (χ3n) is 2.35. The maximum atomic E-state index is 11.3. The van der Waals surface area contributed by atoms with E-state index in [0.717, 1.165) is 0 Å². The van der Waals surface area contributed by atoms with Crippen molar-refractivity contribution in [1.29, 1.82) is 0 Å². The molecule has 0 radical (unpaired) electrons. The van der Waals surface area contributed by atoms with Gasteiger partial charge in [-0.05, 0) is 6.92 Å². The third kappa shape index (κ3) is 3.35. The average Bonchev–Trinajstić information content (AvgIpc) is 2.29. The number of methoxy groups -OCH3 is 2. The summed E-state index contributed by atoms with van der Waals surface area (Å²) >= 11 is 0. The molecule has 0 aliphatic carbocycles. The van der Waals surface area contributed by atoms with Crippen LogP contribution >= 0.6 is 0 Å². The summed E-state index contributed by atoms with van der Waals surface area (Å²) in [6, 6.07) is 0. The Hall–Kier alpha value is -1.25. The summed E-state index contributed by atoms with van der Waals surface area (Å²) < 4.78 is 32.5. The summed E-state index contributed by atoms with van der Waals surface area (Å²) in [4.78, 5) is 7.95. The van der Waals surface area contributed by atoms with Crippen LogP contribution in [0.25, 0.3) is 0 Å². The molecule has 1 rings (SSSR count). The summed E-state index contributed by atoms with van der Waals surface area (Å²) in [5.41, 5.74) is 0.384. The predicted molar refractivity (Wildman–Crippen MR) is 60.9 cm³/mol. The predicted octanol–water partition coefficient (Wildman–Crippen LogP) is -0.150. The molecule has 0 aliphatic rings. The average molecular weight is 261 g/mol. The summed E-state index contributed by atoms with van der Waals surface area (Å²) in [6.07, 6.45) is 2.02. The Morgan fingerprint density at radius 1 is 1.29 bits per heavy atom. The zero-order valence-electron chi connectivity index (χ0n) is 9.82. The normalized spacial score (nSPS) is 15.3. The molecule has 2 N–H and O–H groups in total. The largest absolute Gasteiger partial charge is 0.480 e. The van der Waals surface area contributed by atoms with Gasteiger partial charge in [0.1, 0.15) is 11.4 Å². The van der Waals surface area contributed by atoms with Crippen LogP contribution in [0, 0.1) is 0 Å². The molecule has 0 fully saturated rings. The second-order valence-electron chi connectivity index (χ2n) is 3.43. The monoisotopic (exact) mass is 261 g/mol. The zero-order chi connectivity index (χ0) is 13.1. The van der Waals surface area contributed by atoms with Gasteiger partial charge in [-0.3, -0.25) is 4.98 Å². The van der Waals surface area contributed by atoms with Crippen LogP contribution in [0.4, 0.5) is 0 Å². The highest BCUT2D eigenvalue weighted by Gasteiger charge is 2.29. The molecule has 0 spiro atoms. The Labute approximate surface area is 100 Å². The molecular formula is C9H15N3O4S. The molecule has 2 atom stereocenters. The molecule has 0 saturated carbocycles. The minimum atomic E-state index is -3.70. The zero-order valence-corrected chi connectivity index (χ0v) is 10.6. The van der Waals surface area contributed by atoms with E-state index in [0.29, 0.717) is 11.6 Å². The molecule has 96 valence electrons. The van der Waals surface area contributed by atoms with Gasteiger partial charge >= 0.3 is 0 Å². The standard InChI is InChI=1S/C9H15N3O4S/c1-6(17(10,13)14)9(16-3)7-4-12-8(15-2)5-11-7/h4-6,9H,1-3H3,(H2,10,13,14)/t6-,9+/m0/s1. The number of hydrogen-bond donors (Lipinski definition) is 1. The molecule has 8 heteroatoms. The first-order chi connectivity index (χ1) is 7.90. The number of aromatic nitrogens is 2. The van der Waals surface area contributed by atoms with Crippen molar-refractivity contribution in [3.8, 4) is 5.88 Å². The molecule has 17 heavy (non-hydrogen) atoms. The summed E-state index contributed by atoms with van der Waals surface area (Å²) in [5, 5.41) is 4.16. The van der Waals surface area contributed by atoms with E-state index in [2.05, 4.69) is 9.97 Å². The van der Waals surface area contributed by atoms with Crippen LogP contribution in [-0.4, -0.2) is 37.9 Å². The molecule has 0 bridgehead atoms. The van der Waals surface area contributed by atoms with E-state index in [4.69, 9.17) is 14.6 Å². The minimum Gasteiger partial charge on any atom is -0.480 e. The molecule has 0 aliphatic heterocycles. The fraction of sp³-hybridized carbons (Fsp3) is 0.556. The Morgan fingerprint density at radius 3 is 2.29 bits per heavy atom. The molecule has 0 amide bonds. The molecule has 1 aromatic heterocycles. The second-order valence-corrected chi connectivity index (χ2v) is 5.36. The topological polar surface area (TPSA) is 104 Å². The van der Waals surface area contributed by atoms with Gasteiger partial charge in [-0.25, -0.2) is 18.5 Å².